The van der Waals surface area contributed by atoms with Crippen LogP contribution in [0.1, 0.15) is 24.0 Å². The minimum Gasteiger partial charge on any atom is -0.463 e. The van der Waals surface area contributed by atoms with E-state index in [0.717, 1.165) is 22.3 Å². The van der Waals surface area contributed by atoms with Gasteiger partial charge in [0.2, 0.25) is 5.78 Å². The summed E-state index contributed by atoms with van der Waals surface area (Å²) in [7, 11) is 0. The Hall–Kier alpha value is -3.45. The number of rotatable bonds is 5. The molecular weight excluding hydrogens is 386 g/mol. The van der Waals surface area contributed by atoms with Crippen LogP contribution >= 0.6 is 0 Å². The van der Waals surface area contributed by atoms with E-state index >= 15 is 0 Å². The molecule has 7 nitrogen and oxygen atoms in total. The van der Waals surface area contributed by atoms with Gasteiger partial charge in [0.15, 0.2) is 6.23 Å². The second-order valence-corrected chi connectivity index (χ2v) is 7.09. The SMILES string of the molecule is CC(=O)OC[C@@H]1C=CC(=O)[C@@H](NC(=O)OCC2c3ccccc3-c3ccccc32)O1. The number of alkyl carbamates (subject to hydrolysis) is 1. The molecule has 2 aromatic rings. The number of ether oxygens (including phenoxy) is 3. The summed E-state index contributed by atoms with van der Waals surface area (Å²) in [5, 5.41) is 2.43. The van der Waals surface area contributed by atoms with Gasteiger partial charge in [-0.05, 0) is 34.4 Å². The molecule has 2 atom stereocenters. The molecule has 0 spiro atoms. The van der Waals surface area contributed by atoms with Crippen LogP contribution in [0.2, 0.25) is 0 Å². The van der Waals surface area contributed by atoms with Crippen LogP contribution in [0.3, 0.4) is 0 Å². The van der Waals surface area contributed by atoms with Crippen molar-refractivity contribution in [1.29, 1.82) is 0 Å². The Bertz CT molecular complexity index is 969. The maximum Gasteiger partial charge on any atom is 0.409 e. The van der Waals surface area contributed by atoms with Crippen molar-refractivity contribution in [1.82, 2.24) is 5.32 Å². The average molecular weight is 407 g/mol. The standard InChI is InChI=1S/C23H21NO6/c1-14(25)28-12-15-10-11-21(26)22(30-15)24-23(27)29-13-20-18-8-4-2-6-16(18)17-7-3-5-9-19(17)20/h2-11,15,20,22H,12-13H2,1H3,(H,24,27)/t15-,22-/m0/s1. The first-order valence-corrected chi connectivity index (χ1v) is 9.65. The quantitative estimate of drug-likeness (QED) is 0.767. The lowest BCUT2D eigenvalue weighted by molar-refractivity contribution is -0.148. The summed E-state index contributed by atoms with van der Waals surface area (Å²) in [4.78, 5) is 35.3. The van der Waals surface area contributed by atoms with Crippen molar-refractivity contribution in [2.24, 2.45) is 0 Å². The molecule has 30 heavy (non-hydrogen) atoms. The number of nitrogens with one attached hydrogen (secondary N) is 1. The molecule has 0 saturated heterocycles. The molecule has 1 aliphatic carbocycles. The molecule has 1 aliphatic heterocycles. The highest BCUT2D eigenvalue weighted by molar-refractivity contribution is 5.95. The van der Waals surface area contributed by atoms with Gasteiger partial charge in [0.1, 0.15) is 19.3 Å². The van der Waals surface area contributed by atoms with E-state index in [-0.39, 0.29) is 19.1 Å². The molecule has 1 N–H and O–H groups in total. The van der Waals surface area contributed by atoms with Crippen molar-refractivity contribution in [3.63, 3.8) is 0 Å². The normalized spacial score (nSPS) is 19.7. The van der Waals surface area contributed by atoms with Crippen molar-refractivity contribution in [2.45, 2.75) is 25.2 Å². The van der Waals surface area contributed by atoms with Gasteiger partial charge in [-0.25, -0.2) is 4.79 Å². The number of amides is 1. The average Bonchev–Trinajstić information content (AvgIpc) is 3.06. The highest BCUT2D eigenvalue weighted by atomic mass is 16.6. The number of esters is 1. The second-order valence-electron chi connectivity index (χ2n) is 7.09. The van der Waals surface area contributed by atoms with Gasteiger partial charge in [-0.15, -0.1) is 0 Å². The molecule has 4 rings (SSSR count). The van der Waals surface area contributed by atoms with Crippen LogP contribution in [0.25, 0.3) is 11.1 Å². The molecule has 7 heteroatoms. The molecule has 154 valence electrons. The largest absolute Gasteiger partial charge is 0.463 e. The Balaban J connectivity index is 1.38. The monoisotopic (exact) mass is 407 g/mol. The number of hydrogen-bond acceptors (Lipinski definition) is 6. The van der Waals surface area contributed by atoms with Crippen LogP contribution in [-0.4, -0.2) is 43.4 Å². The fraction of sp³-hybridized carbons (Fsp3) is 0.261. The van der Waals surface area contributed by atoms with Crippen LogP contribution in [-0.2, 0) is 23.8 Å². The third-order valence-corrected chi connectivity index (χ3v) is 5.09. The maximum atomic E-state index is 12.3. The Kier molecular flexibility index (Phi) is 5.63. The van der Waals surface area contributed by atoms with E-state index in [1.165, 1.54) is 19.1 Å². The minimum absolute atomic E-state index is 0.0397. The van der Waals surface area contributed by atoms with E-state index in [0.29, 0.717) is 0 Å². The third-order valence-electron chi connectivity index (χ3n) is 5.09. The van der Waals surface area contributed by atoms with Gasteiger partial charge in [0.25, 0.3) is 0 Å². The number of fused-ring (bicyclic) bond motifs is 3. The number of ketones is 1. The fourth-order valence-corrected chi connectivity index (χ4v) is 3.72. The molecule has 0 saturated carbocycles. The summed E-state index contributed by atoms with van der Waals surface area (Å²) < 4.78 is 15.8. The molecule has 1 heterocycles. The van der Waals surface area contributed by atoms with Crippen LogP contribution < -0.4 is 5.32 Å². The van der Waals surface area contributed by atoms with E-state index in [4.69, 9.17) is 14.2 Å². The van der Waals surface area contributed by atoms with E-state index in [1.54, 1.807) is 0 Å². The number of hydrogen-bond donors (Lipinski definition) is 1. The lowest BCUT2D eigenvalue weighted by atomic mass is 9.98. The Morgan fingerprint density at radius 1 is 0.967 bits per heavy atom. The molecule has 0 bridgehead atoms. The predicted molar refractivity (Wildman–Crippen MR) is 108 cm³/mol. The van der Waals surface area contributed by atoms with E-state index in [2.05, 4.69) is 17.4 Å². The van der Waals surface area contributed by atoms with Crippen molar-refractivity contribution in [2.75, 3.05) is 13.2 Å². The van der Waals surface area contributed by atoms with Gasteiger partial charge in [-0.2, -0.15) is 0 Å². The molecular formula is C23H21NO6. The lowest BCUT2D eigenvalue weighted by Gasteiger charge is -2.25. The number of benzene rings is 2. The summed E-state index contributed by atoms with van der Waals surface area (Å²) in [5.74, 6) is -0.949. The molecule has 2 aromatic carbocycles. The maximum absolute atomic E-state index is 12.3. The van der Waals surface area contributed by atoms with E-state index < -0.39 is 30.2 Å². The summed E-state index contributed by atoms with van der Waals surface area (Å²) in [6.07, 6.45) is 0.223. The van der Waals surface area contributed by atoms with Crippen LogP contribution in [0.4, 0.5) is 4.79 Å². The highest BCUT2D eigenvalue weighted by Crippen LogP contribution is 2.44. The van der Waals surface area contributed by atoms with Crippen molar-refractivity contribution >= 4 is 17.8 Å². The predicted octanol–water partition coefficient (Wildman–Crippen LogP) is 2.94. The molecule has 0 aromatic heterocycles. The highest BCUT2D eigenvalue weighted by Gasteiger charge is 2.31. The fourth-order valence-electron chi connectivity index (χ4n) is 3.72. The van der Waals surface area contributed by atoms with E-state index in [9.17, 15) is 14.4 Å². The Morgan fingerprint density at radius 2 is 1.60 bits per heavy atom. The van der Waals surface area contributed by atoms with Crippen molar-refractivity contribution in [3.05, 3.63) is 71.8 Å². The summed E-state index contributed by atoms with van der Waals surface area (Å²) in [5.41, 5.74) is 4.46. The van der Waals surface area contributed by atoms with Gasteiger partial charge in [-0.1, -0.05) is 48.5 Å². The van der Waals surface area contributed by atoms with Crippen LogP contribution in [0, 0.1) is 0 Å². The van der Waals surface area contributed by atoms with Gasteiger partial charge < -0.3 is 14.2 Å². The zero-order valence-electron chi connectivity index (χ0n) is 16.4. The first-order chi connectivity index (χ1) is 14.5. The molecule has 0 fully saturated rings. The van der Waals surface area contributed by atoms with Crippen molar-refractivity contribution in [3.8, 4) is 11.1 Å². The zero-order chi connectivity index (χ0) is 21.1. The van der Waals surface area contributed by atoms with Gasteiger partial charge in [-0.3, -0.25) is 14.9 Å². The molecule has 1 amide bonds. The van der Waals surface area contributed by atoms with Crippen LogP contribution in [0.15, 0.2) is 60.7 Å². The topological polar surface area (TPSA) is 90.9 Å². The third kappa shape index (κ3) is 4.11. The summed E-state index contributed by atoms with van der Waals surface area (Å²) in [6, 6.07) is 16.0. The van der Waals surface area contributed by atoms with Crippen LogP contribution in [0.5, 0.6) is 0 Å². The zero-order valence-corrected chi connectivity index (χ0v) is 16.4. The number of carbonyl (C=O) groups is 3. The van der Waals surface area contributed by atoms with Gasteiger partial charge >= 0.3 is 12.1 Å². The smallest absolute Gasteiger partial charge is 0.409 e. The van der Waals surface area contributed by atoms with E-state index in [1.807, 2.05) is 36.4 Å². The van der Waals surface area contributed by atoms with Gasteiger partial charge in [0, 0.05) is 12.8 Å². The number of carbonyl (C=O) groups excluding carboxylic acids is 3. The van der Waals surface area contributed by atoms with Crippen molar-refractivity contribution < 1.29 is 28.6 Å². The Labute approximate surface area is 173 Å². The molecule has 2 aliphatic rings. The summed E-state index contributed by atoms with van der Waals surface area (Å²) >= 11 is 0. The Morgan fingerprint density at radius 3 is 2.23 bits per heavy atom. The molecule has 0 radical (unpaired) electrons. The minimum atomic E-state index is -1.19. The second kappa shape index (κ2) is 8.51. The first-order valence-electron chi connectivity index (χ1n) is 9.65. The van der Waals surface area contributed by atoms with Gasteiger partial charge in [0.05, 0.1) is 0 Å². The summed E-state index contributed by atoms with van der Waals surface area (Å²) in [6.45, 7) is 1.37. The first kappa shape index (κ1) is 19.8. The molecule has 0 unspecified atom stereocenters. The lowest BCUT2D eigenvalue weighted by Crippen LogP contribution is -2.47.